The summed E-state index contributed by atoms with van der Waals surface area (Å²) >= 11 is 5.89. The lowest BCUT2D eigenvalue weighted by Crippen LogP contribution is -2.41. The van der Waals surface area contributed by atoms with Crippen LogP contribution >= 0.6 is 11.6 Å². The highest BCUT2D eigenvalue weighted by Gasteiger charge is 2.48. The fraction of sp³-hybridized carbons (Fsp3) is 0.417. The predicted molar refractivity (Wildman–Crippen MR) is 66.1 cm³/mol. The van der Waals surface area contributed by atoms with Gasteiger partial charge in [0.15, 0.2) is 11.5 Å². The van der Waals surface area contributed by atoms with Gasteiger partial charge in [-0.25, -0.2) is 4.79 Å². The zero-order chi connectivity index (χ0) is 14.9. The van der Waals surface area contributed by atoms with Gasteiger partial charge in [0.05, 0.1) is 6.61 Å². The third kappa shape index (κ3) is 2.51. The zero-order valence-corrected chi connectivity index (χ0v) is 11.2. The SMILES string of the molecule is CCOC(=O)C(F)(F)[C@@H](N)c1cc2c(cc1Cl)OCO2. The molecule has 110 valence electrons. The maximum absolute atomic E-state index is 13.9. The molecule has 0 unspecified atom stereocenters. The Hall–Kier alpha value is -1.60. The van der Waals surface area contributed by atoms with Gasteiger partial charge in [-0.1, -0.05) is 11.6 Å². The van der Waals surface area contributed by atoms with E-state index in [1.54, 1.807) is 0 Å². The molecule has 20 heavy (non-hydrogen) atoms. The maximum Gasteiger partial charge on any atom is 0.379 e. The molecule has 1 aliphatic rings. The predicted octanol–water partition coefficient (Wildman–Crippen LogP) is 2.27. The Morgan fingerprint density at radius 3 is 2.70 bits per heavy atom. The summed E-state index contributed by atoms with van der Waals surface area (Å²) in [7, 11) is 0. The van der Waals surface area contributed by atoms with Crippen LogP contribution in [0, 0.1) is 0 Å². The molecule has 0 aliphatic carbocycles. The second-order valence-electron chi connectivity index (χ2n) is 4.05. The quantitative estimate of drug-likeness (QED) is 0.864. The van der Waals surface area contributed by atoms with E-state index in [4.69, 9.17) is 26.8 Å². The molecule has 5 nitrogen and oxygen atoms in total. The van der Waals surface area contributed by atoms with Crippen molar-refractivity contribution in [1.29, 1.82) is 0 Å². The molecule has 1 atom stereocenters. The smallest absolute Gasteiger partial charge is 0.379 e. The lowest BCUT2D eigenvalue weighted by Gasteiger charge is -2.22. The molecule has 0 fully saturated rings. The summed E-state index contributed by atoms with van der Waals surface area (Å²) in [6, 6.07) is 0.617. The minimum absolute atomic E-state index is 0.0291. The summed E-state index contributed by atoms with van der Waals surface area (Å²) in [6.45, 7) is 1.22. The van der Waals surface area contributed by atoms with E-state index in [9.17, 15) is 13.6 Å². The van der Waals surface area contributed by atoms with Gasteiger partial charge in [-0.2, -0.15) is 8.78 Å². The van der Waals surface area contributed by atoms with Crippen molar-refractivity contribution in [3.8, 4) is 11.5 Å². The molecule has 0 bridgehead atoms. The van der Waals surface area contributed by atoms with Crippen molar-refractivity contribution in [2.24, 2.45) is 5.73 Å². The van der Waals surface area contributed by atoms with Crippen LogP contribution < -0.4 is 15.2 Å². The van der Waals surface area contributed by atoms with Gasteiger partial charge in [0.25, 0.3) is 0 Å². The molecule has 1 aromatic carbocycles. The van der Waals surface area contributed by atoms with E-state index >= 15 is 0 Å². The third-order valence-electron chi connectivity index (χ3n) is 2.77. The number of halogens is 3. The summed E-state index contributed by atoms with van der Waals surface area (Å²) in [5.41, 5.74) is 5.35. The average molecular weight is 308 g/mol. The second kappa shape index (κ2) is 5.41. The Labute approximate surface area is 118 Å². The molecule has 8 heteroatoms. The molecular weight excluding hydrogens is 296 g/mol. The molecule has 0 spiro atoms. The number of rotatable bonds is 4. The molecule has 0 saturated carbocycles. The number of alkyl halides is 2. The van der Waals surface area contributed by atoms with Crippen LogP contribution in [-0.4, -0.2) is 25.3 Å². The Balaban J connectivity index is 2.33. The van der Waals surface area contributed by atoms with Crippen molar-refractivity contribution in [3.63, 3.8) is 0 Å². The van der Waals surface area contributed by atoms with Crippen LogP contribution in [0.2, 0.25) is 5.02 Å². The highest BCUT2D eigenvalue weighted by atomic mass is 35.5. The first kappa shape index (κ1) is 14.8. The summed E-state index contributed by atoms with van der Waals surface area (Å²) < 4.78 is 42.2. The molecule has 2 N–H and O–H groups in total. The van der Waals surface area contributed by atoms with Crippen molar-refractivity contribution in [1.82, 2.24) is 0 Å². The van der Waals surface area contributed by atoms with Gasteiger partial charge in [0.2, 0.25) is 6.79 Å². The first-order chi connectivity index (χ1) is 9.37. The van der Waals surface area contributed by atoms with Crippen LogP contribution in [0.25, 0.3) is 0 Å². The van der Waals surface area contributed by atoms with Gasteiger partial charge >= 0.3 is 11.9 Å². The summed E-state index contributed by atoms with van der Waals surface area (Å²) in [5.74, 6) is -5.00. The normalized spacial score (nSPS) is 15.1. The number of carbonyl (C=O) groups is 1. The lowest BCUT2D eigenvalue weighted by molar-refractivity contribution is -0.174. The number of fused-ring (bicyclic) bond motifs is 1. The lowest BCUT2D eigenvalue weighted by atomic mass is 10.0. The number of ether oxygens (including phenoxy) is 3. The molecule has 1 aromatic rings. The van der Waals surface area contributed by atoms with E-state index in [1.165, 1.54) is 19.1 Å². The van der Waals surface area contributed by atoms with E-state index in [0.717, 1.165) is 0 Å². The van der Waals surface area contributed by atoms with Gasteiger partial charge in [0.1, 0.15) is 6.04 Å². The number of carbonyl (C=O) groups excluding carboxylic acids is 1. The standard InChI is InChI=1S/C12H12ClF2NO4/c1-2-18-11(17)12(14,15)10(16)6-3-8-9(4-7(6)13)20-5-19-8/h3-4,10H,2,5,16H2,1H3/t10-/m0/s1. The van der Waals surface area contributed by atoms with E-state index < -0.39 is 17.9 Å². The number of hydrogen-bond acceptors (Lipinski definition) is 5. The fourth-order valence-corrected chi connectivity index (χ4v) is 1.99. The zero-order valence-electron chi connectivity index (χ0n) is 10.5. The second-order valence-corrected chi connectivity index (χ2v) is 4.46. The van der Waals surface area contributed by atoms with Crippen LogP contribution in [-0.2, 0) is 9.53 Å². The molecule has 0 saturated heterocycles. The van der Waals surface area contributed by atoms with Crippen LogP contribution in [0.4, 0.5) is 8.78 Å². The first-order valence-corrected chi connectivity index (χ1v) is 6.15. The van der Waals surface area contributed by atoms with Gasteiger partial charge in [-0.05, 0) is 18.6 Å². The minimum atomic E-state index is -3.90. The number of hydrogen-bond donors (Lipinski definition) is 1. The van der Waals surface area contributed by atoms with E-state index in [-0.39, 0.29) is 29.7 Å². The highest BCUT2D eigenvalue weighted by Crippen LogP contribution is 2.42. The van der Waals surface area contributed by atoms with Crippen molar-refractivity contribution < 1.29 is 27.8 Å². The maximum atomic E-state index is 13.9. The van der Waals surface area contributed by atoms with Gasteiger partial charge in [-0.3, -0.25) is 0 Å². The van der Waals surface area contributed by atoms with Crippen molar-refractivity contribution in [2.75, 3.05) is 13.4 Å². The average Bonchev–Trinajstić information content (AvgIpc) is 2.84. The summed E-state index contributed by atoms with van der Waals surface area (Å²) in [4.78, 5) is 11.3. The first-order valence-electron chi connectivity index (χ1n) is 5.77. The number of benzene rings is 1. The molecule has 1 heterocycles. The van der Waals surface area contributed by atoms with Crippen molar-refractivity contribution in [2.45, 2.75) is 18.9 Å². The van der Waals surface area contributed by atoms with Crippen LogP contribution in [0.1, 0.15) is 18.5 Å². The Morgan fingerprint density at radius 2 is 2.10 bits per heavy atom. The van der Waals surface area contributed by atoms with Crippen LogP contribution in [0.5, 0.6) is 11.5 Å². The molecule has 2 rings (SSSR count). The van der Waals surface area contributed by atoms with Gasteiger partial charge in [-0.15, -0.1) is 0 Å². The van der Waals surface area contributed by atoms with Gasteiger partial charge in [0, 0.05) is 11.1 Å². The van der Waals surface area contributed by atoms with E-state index in [1.807, 2.05) is 0 Å². The summed E-state index contributed by atoms with van der Waals surface area (Å²) in [5, 5.41) is -0.0364. The third-order valence-corrected chi connectivity index (χ3v) is 3.09. The molecule has 0 amide bonds. The van der Waals surface area contributed by atoms with Crippen LogP contribution in [0.15, 0.2) is 12.1 Å². The molecule has 0 radical (unpaired) electrons. The Bertz CT molecular complexity index is 538. The van der Waals surface area contributed by atoms with Crippen molar-refractivity contribution >= 4 is 17.6 Å². The minimum Gasteiger partial charge on any atom is -0.462 e. The van der Waals surface area contributed by atoms with Crippen molar-refractivity contribution in [3.05, 3.63) is 22.7 Å². The number of nitrogens with two attached hydrogens (primary N) is 1. The topological polar surface area (TPSA) is 70.8 Å². The molecule has 0 aromatic heterocycles. The van der Waals surface area contributed by atoms with Crippen LogP contribution in [0.3, 0.4) is 0 Å². The van der Waals surface area contributed by atoms with E-state index in [2.05, 4.69) is 4.74 Å². The largest absolute Gasteiger partial charge is 0.462 e. The Morgan fingerprint density at radius 1 is 1.50 bits per heavy atom. The van der Waals surface area contributed by atoms with E-state index in [0.29, 0.717) is 5.75 Å². The summed E-state index contributed by atoms with van der Waals surface area (Å²) in [6.07, 6.45) is 0. The van der Waals surface area contributed by atoms with Gasteiger partial charge < -0.3 is 19.9 Å². The highest BCUT2D eigenvalue weighted by molar-refractivity contribution is 6.31. The molecule has 1 aliphatic heterocycles. The monoisotopic (exact) mass is 307 g/mol. The number of esters is 1. The Kier molecular flexibility index (Phi) is 4.01. The fourth-order valence-electron chi connectivity index (χ4n) is 1.72. The molecular formula is C12H12ClF2NO4.